The van der Waals surface area contributed by atoms with E-state index in [1.807, 2.05) is 9.80 Å². The second-order valence-corrected chi connectivity index (χ2v) is 6.31. The first-order chi connectivity index (χ1) is 11.2. The number of hydrogen-bond acceptors (Lipinski definition) is 3. The monoisotopic (exact) mass is 316 g/mol. The van der Waals surface area contributed by atoms with E-state index in [4.69, 9.17) is 0 Å². The summed E-state index contributed by atoms with van der Waals surface area (Å²) in [4.78, 5) is 32.5. The molecule has 6 nitrogen and oxygen atoms in total. The van der Waals surface area contributed by atoms with Gasteiger partial charge in [-0.25, -0.2) is 4.79 Å². The maximum Gasteiger partial charge on any atom is 0.317 e. The van der Waals surface area contributed by atoms with Crippen LogP contribution in [0.2, 0.25) is 0 Å². The minimum Gasteiger partial charge on any atom is -0.337 e. The summed E-state index contributed by atoms with van der Waals surface area (Å²) in [5.74, 6) is -0.00356. The van der Waals surface area contributed by atoms with Gasteiger partial charge in [0.05, 0.1) is 5.56 Å². The van der Waals surface area contributed by atoms with E-state index in [2.05, 4.69) is 10.3 Å². The van der Waals surface area contributed by atoms with E-state index in [0.717, 1.165) is 19.3 Å². The topological polar surface area (TPSA) is 65.5 Å². The van der Waals surface area contributed by atoms with E-state index in [0.29, 0.717) is 37.8 Å². The zero-order valence-corrected chi connectivity index (χ0v) is 13.4. The third-order valence-corrected chi connectivity index (χ3v) is 4.66. The number of nitrogens with one attached hydrogen (secondary N) is 1. The number of aromatic nitrogens is 1. The van der Waals surface area contributed by atoms with Crippen molar-refractivity contribution in [1.82, 2.24) is 20.1 Å². The smallest absolute Gasteiger partial charge is 0.317 e. The van der Waals surface area contributed by atoms with Crippen molar-refractivity contribution < 1.29 is 9.59 Å². The van der Waals surface area contributed by atoms with Gasteiger partial charge in [-0.2, -0.15) is 0 Å². The molecule has 23 heavy (non-hydrogen) atoms. The van der Waals surface area contributed by atoms with Crippen molar-refractivity contribution in [2.45, 2.75) is 38.1 Å². The lowest BCUT2D eigenvalue weighted by Crippen LogP contribution is -2.45. The van der Waals surface area contributed by atoms with E-state index in [9.17, 15) is 9.59 Å². The molecule has 1 aliphatic carbocycles. The highest BCUT2D eigenvalue weighted by atomic mass is 16.2. The van der Waals surface area contributed by atoms with Gasteiger partial charge in [0.1, 0.15) is 0 Å². The predicted octanol–water partition coefficient (Wildman–Crippen LogP) is 1.88. The van der Waals surface area contributed by atoms with Crippen LogP contribution in [0.5, 0.6) is 0 Å². The second-order valence-electron chi connectivity index (χ2n) is 6.31. The molecule has 0 unspecified atom stereocenters. The number of amides is 3. The van der Waals surface area contributed by atoms with Crippen LogP contribution in [0.15, 0.2) is 24.5 Å². The van der Waals surface area contributed by atoms with Crippen molar-refractivity contribution in [3.05, 3.63) is 30.1 Å². The first-order valence-electron chi connectivity index (χ1n) is 8.49. The number of pyridine rings is 1. The average molecular weight is 316 g/mol. The van der Waals surface area contributed by atoms with Crippen molar-refractivity contribution in [1.29, 1.82) is 0 Å². The van der Waals surface area contributed by atoms with Crippen LogP contribution in [0.4, 0.5) is 4.79 Å². The Balaban J connectivity index is 1.54. The summed E-state index contributed by atoms with van der Waals surface area (Å²) >= 11 is 0. The van der Waals surface area contributed by atoms with E-state index in [-0.39, 0.29) is 11.9 Å². The Morgan fingerprint density at radius 1 is 1.04 bits per heavy atom. The third kappa shape index (κ3) is 4.00. The highest BCUT2D eigenvalue weighted by molar-refractivity contribution is 5.93. The van der Waals surface area contributed by atoms with Gasteiger partial charge in [0.25, 0.3) is 5.91 Å². The van der Waals surface area contributed by atoms with Gasteiger partial charge in [-0.15, -0.1) is 0 Å². The molecule has 1 saturated carbocycles. The minimum absolute atomic E-state index is 0.00356. The molecule has 0 spiro atoms. The summed E-state index contributed by atoms with van der Waals surface area (Å²) in [6.45, 7) is 2.55. The van der Waals surface area contributed by atoms with E-state index >= 15 is 0 Å². The number of hydrogen-bond donors (Lipinski definition) is 1. The molecule has 0 atom stereocenters. The molecular formula is C17H24N4O2. The van der Waals surface area contributed by atoms with Gasteiger partial charge < -0.3 is 15.1 Å². The van der Waals surface area contributed by atoms with Crippen LogP contribution in [-0.2, 0) is 0 Å². The lowest BCUT2D eigenvalue weighted by molar-refractivity contribution is 0.0761. The van der Waals surface area contributed by atoms with Crippen molar-refractivity contribution in [2.75, 3.05) is 26.2 Å². The Morgan fingerprint density at radius 3 is 2.52 bits per heavy atom. The molecule has 6 heteroatoms. The Bertz CT molecular complexity index is 543. The zero-order chi connectivity index (χ0) is 16.1. The predicted molar refractivity (Wildman–Crippen MR) is 87.1 cm³/mol. The van der Waals surface area contributed by atoms with E-state index in [1.54, 1.807) is 24.5 Å². The molecule has 1 aromatic rings. The number of urea groups is 1. The van der Waals surface area contributed by atoms with Gasteiger partial charge in [0.2, 0.25) is 0 Å². The Morgan fingerprint density at radius 2 is 1.78 bits per heavy atom. The standard InChI is InChI=1S/C17H24N4O2/c22-16(14-5-3-8-18-13-14)20-9-4-10-21(12-11-20)17(23)19-15-6-1-2-7-15/h3,5,8,13,15H,1-2,4,6-7,9-12H2,(H,19,23). The lowest BCUT2D eigenvalue weighted by atomic mass is 10.2. The van der Waals surface area contributed by atoms with Crippen molar-refractivity contribution in [3.8, 4) is 0 Å². The minimum atomic E-state index is -0.00356. The first-order valence-corrected chi connectivity index (χ1v) is 8.49. The molecule has 1 aromatic heterocycles. The van der Waals surface area contributed by atoms with Crippen molar-refractivity contribution in [3.63, 3.8) is 0 Å². The van der Waals surface area contributed by atoms with Crippen LogP contribution >= 0.6 is 0 Å². The zero-order valence-electron chi connectivity index (χ0n) is 13.4. The molecule has 2 fully saturated rings. The largest absolute Gasteiger partial charge is 0.337 e. The molecule has 1 saturated heterocycles. The SMILES string of the molecule is O=C(NC1CCCC1)N1CCCN(C(=O)c2cccnc2)CC1. The fourth-order valence-electron chi connectivity index (χ4n) is 3.33. The number of rotatable bonds is 2. The fraction of sp³-hybridized carbons (Fsp3) is 0.588. The molecule has 124 valence electrons. The van der Waals surface area contributed by atoms with Crippen LogP contribution in [0.25, 0.3) is 0 Å². The molecule has 0 aromatic carbocycles. The summed E-state index contributed by atoms with van der Waals surface area (Å²) < 4.78 is 0. The molecule has 1 N–H and O–H groups in total. The quantitative estimate of drug-likeness (QED) is 0.906. The Labute approximate surface area is 136 Å². The van der Waals surface area contributed by atoms with Gasteiger partial charge in [0, 0.05) is 44.6 Å². The molecule has 0 radical (unpaired) electrons. The van der Waals surface area contributed by atoms with Crippen LogP contribution in [0.1, 0.15) is 42.5 Å². The normalized spacial score (nSPS) is 19.5. The summed E-state index contributed by atoms with van der Waals surface area (Å²) in [7, 11) is 0. The highest BCUT2D eigenvalue weighted by Gasteiger charge is 2.25. The van der Waals surface area contributed by atoms with Gasteiger partial charge >= 0.3 is 6.03 Å². The van der Waals surface area contributed by atoms with E-state index < -0.39 is 0 Å². The number of carbonyl (C=O) groups excluding carboxylic acids is 2. The molecule has 2 heterocycles. The summed E-state index contributed by atoms with van der Waals surface area (Å²) in [5.41, 5.74) is 0.608. The molecular weight excluding hydrogens is 292 g/mol. The van der Waals surface area contributed by atoms with Crippen LogP contribution in [0.3, 0.4) is 0 Å². The molecule has 3 amide bonds. The Kier molecular flexibility index (Phi) is 5.10. The van der Waals surface area contributed by atoms with Crippen LogP contribution in [0, 0.1) is 0 Å². The number of carbonyl (C=O) groups is 2. The number of nitrogens with zero attached hydrogens (tertiary/aromatic N) is 3. The van der Waals surface area contributed by atoms with Crippen LogP contribution in [-0.4, -0.2) is 58.9 Å². The molecule has 3 rings (SSSR count). The van der Waals surface area contributed by atoms with Gasteiger partial charge in [-0.1, -0.05) is 12.8 Å². The highest BCUT2D eigenvalue weighted by Crippen LogP contribution is 2.18. The summed E-state index contributed by atoms with van der Waals surface area (Å²) in [5, 5.41) is 3.13. The maximum atomic E-state index is 12.5. The third-order valence-electron chi connectivity index (χ3n) is 4.66. The van der Waals surface area contributed by atoms with E-state index in [1.165, 1.54) is 12.8 Å². The fourth-order valence-corrected chi connectivity index (χ4v) is 3.33. The molecule has 0 bridgehead atoms. The van der Waals surface area contributed by atoms with Crippen molar-refractivity contribution in [2.24, 2.45) is 0 Å². The van der Waals surface area contributed by atoms with Crippen LogP contribution < -0.4 is 5.32 Å². The first kappa shape index (κ1) is 15.8. The summed E-state index contributed by atoms with van der Waals surface area (Å²) in [6.07, 6.45) is 8.66. The maximum absolute atomic E-state index is 12.5. The lowest BCUT2D eigenvalue weighted by Gasteiger charge is -2.24. The van der Waals surface area contributed by atoms with Gasteiger partial charge in [-0.05, 0) is 31.4 Å². The average Bonchev–Trinajstić information content (AvgIpc) is 2.96. The Hall–Kier alpha value is -2.11. The van der Waals surface area contributed by atoms with Gasteiger partial charge in [0.15, 0.2) is 0 Å². The second kappa shape index (κ2) is 7.44. The molecule has 2 aliphatic rings. The van der Waals surface area contributed by atoms with Crippen molar-refractivity contribution >= 4 is 11.9 Å². The molecule has 1 aliphatic heterocycles. The van der Waals surface area contributed by atoms with Gasteiger partial charge in [-0.3, -0.25) is 9.78 Å². The summed E-state index contributed by atoms with van der Waals surface area (Å²) in [6, 6.07) is 3.91.